The van der Waals surface area contributed by atoms with Gasteiger partial charge in [0.2, 0.25) is 0 Å². The zero-order valence-electron chi connectivity index (χ0n) is 15.1. The second-order valence-corrected chi connectivity index (χ2v) is 6.44. The van der Waals surface area contributed by atoms with Crippen LogP contribution >= 0.6 is 0 Å². The van der Waals surface area contributed by atoms with Gasteiger partial charge < -0.3 is 5.73 Å². The molecule has 0 atom stereocenters. The van der Waals surface area contributed by atoms with Crippen molar-refractivity contribution in [1.29, 1.82) is 0 Å². The van der Waals surface area contributed by atoms with Crippen LogP contribution in [0.15, 0.2) is 73.2 Å². The molecule has 2 aromatic carbocycles. The molecule has 0 radical (unpaired) electrons. The average Bonchev–Trinajstić information content (AvgIpc) is 3.11. The van der Waals surface area contributed by atoms with Gasteiger partial charge in [-0.2, -0.15) is 5.10 Å². The molecule has 0 saturated heterocycles. The predicted octanol–water partition coefficient (Wildman–Crippen LogP) is 4.20. The third-order valence-corrected chi connectivity index (χ3v) is 4.57. The van der Waals surface area contributed by atoms with Crippen molar-refractivity contribution in [3.63, 3.8) is 0 Å². The minimum Gasteiger partial charge on any atom is -0.383 e. The Bertz CT molecular complexity index is 1170. The number of nitrogens with two attached hydrogens (primary N) is 1. The van der Waals surface area contributed by atoms with Crippen LogP contribution in [0.4, 0.5) is 10.2 Å². The fraction of sp³-hybridized carbons (Fsp3) is 0.0455. The third kappa shape index (κ3) is 3.16. The van der Waals surface area contributed by atoms with Crippen LogP contribution in [-0.2, 0) is 0 Å². The van der Waals surface area contributed by atoms with Crippen molar-refractivity contribution in [2.45, 2.75) is 6.92 Å². The van der Waals surface area contributed by atoms with E-state index in [4.69, 9.17) is 5.73 Å². The fourth-order valence-electron chi connectivity index (χ4n) is 3.06. The largest absolute Gasteiger partial charge is 0.383 e. The minimum absolute atomic E-state index is 0.172. The molecule has 0 aliphatic heterocycles. The first-order chi connectivity index (χ1) is 13.5. The summed E-state index contributed by atoms with van der Waals surface area (Å²) in [6.45, 7) is 1.83. The highest BCUT2D eigenvalue weighted by Crippen LogP contribution is 2.25. The van der Waals surface area contributed by atoms with Crippen LogP contribution in [0.5, 0.6) is 0 Å². The van der Waals surface area contributed by atoms with Gasteiger partial charge in [-0.3, -0.25) is 9.78 Å². The number of nitrogens with zero attached hydrogens (tertiary/aromatic N) is 3. The number of ketones is 1. The van der Waals surface area contributed by atoms with E-state index >= 15 is 0 Å². The van der Waals surface area contributed by atoms with Crippen molar-refractivity contribution < 1.29 is 9.18 Å². The van der Waals surface area contributed by atoms with Crippen molar-refractivity contribution >= 4 is 11.6 Å². The number of rotatable bonds is 4. The second kappa shape index (κ2) is 7.08. The van der Waals surface area contributed by atoms with E-state index in [2.05, 4.69) is 10.1 Å². The van der Waals surface area contributed by atoms with E-state index in [1.165, 1.54) is 23.0 Å². The van der Waals surface area contributed by atoms with Gasteiger partial charge in [0, 0.05) is 23.5 Å². The van der Waals surface area contributed by atoms with Crippen LogP contribution in [0.2, 0.25) is 0 Å². The quantitative estimate of drug-likeness (QED) is 0.545. The van der Waals surface area contributed by atoms with Crippen LogP contribution in [0, 0.1) is 12.7 Å². The maximum atomic E-state index is 13.6. The molecule has 0 unspecified atom stereocenters. The summed E-state index contributed by atoms with van der Waals surface area (Å²) in [5, 5.41) is 4.21. The molecule has 2 aromatic heterocycles. The predicted molar refractivity (Wildman–Crippen MR) is 106 cm³/mol. The average molecular weight is 372 g/mol. The first-order valence-corrected chi connectivity index (χ1v) is 8.70. The molecule has 2 N–H and O–H groups in total. The van der Waals surface area contributed by atoms with E-state index < -0.39 is 5.82 Å². The number of carbonyl (C=O) groups is 1. The SMILES string of the molecule is Cc1ccc(F)cc1-n1ncc(C(=O)c2cccc(-c3cccnc3)c2)c1N. The summed E-state index contributed by atoms with van der Waals surface area (Å²) < 4.78 is 15.0. The van der Waals surface area contributed by atoms with Gasteiger partial charge in [0.15, 0.2) is 5.78 Å². The van der Waals surface area contributed by atoms with Gasteiger partial charge in [-0.25, -0.2) is 9.07 Å². The summed E-state index contributed by atoms with van der Waals surface area (Å²) in [7, 11) is 0. The molecule has 0 amide bonds. The van der Waals surface area contributed by atoms with Crippen molar-refractivity contribution in [2.24, 2.45) is 0 Å². The number of nitrogen functional groups attached to an aromatic ring is 1. The number of hydrogen-bond acceptors (Lipinski definition) is 4. The van der Waals surface area contributed by atoms with Crippen LogP contribution < -0.4 is 5.73 Å². The smallest absolute Gasteiger partial charge is 0.198 e. The van der Waals surface area contributed by atoms with Gasteiger partial charge in [0.05, 0.1) is 17.4 Å². The number of halogens is 1. The van der Waals surface area contributed by atoms with Crippen LogP contribution in [0.3, 0.4) is 0 Å². The monoisotopic (exact) mass is 372 g/mol. The molecular formula is C22H17FN4O. The lowest BCUT2D eigenvalue weighted by Gasteiger charge is -2.09. The molecule has 0 spiro atoms. The minimum atomic E-state index is -0.396. The number of carbonyl (C=O) groups excluding carboxylic acids is 1. The first-order valence-electron chi connectivity index (χ1n) is 8.70. The summed E-state index contributed by atoms with van der Waals surface area (Å²) in [5.74, 6) is -0.471. The Morgan fingerprint density at radius 1 is 1.04 bits per heavy atom. The van der Waals surface area contributed by atoms with E-state index in [1.54, 1.807) is 30.6 Å². The maximum absolute atomic E-state index is 13.6. The van der Waals surface area contributed by atoms with Crippen molar-refractivity contribution in [3.05, 3.63) is 95.7 Å². The Morgan fingerprint density at radius 2 is 1.86 bits per heavy atom. The maximum Gasteiger partial charge on any atom is 0.198 e. The van der Waals surface area contributed by atoms with E-state index in [0.717, 1.165) is 16.7 Å². The molecule has 5 nitrogen and oxygen atoms in total. The van der Waals surface area contributed by atoms with Crippen molar-refractivity contribution in [1.82, 2.24) is 14.8 Å². The Balaban J connectivity index is 1.72. The van der Waals surface area contributed by atoms with E-state index in [0.29, 0.717) is 11.3 Å². The van der Waals surface area contributed by atoms with Crippen molar-refractivity contribution in [2.75, 3.05) is 5.73 Å². The third-order valence-electron chi connectivity index (χ3n) is 4.57. The molecule has 0 saturated carbocycles. The van der Waals surface area contributed by atoms with Gasteiger partial charge in [-0.1, -0.05) is 30.3 Å². The summed E-state index contributed by atoms with van der Waals surface area (Å²) >= 11 is 0. The molecule has 2 heterocycles. The summed E-state index contributed by atoms with van der Waals surface area (Å²) in [6, 6.07) is 15.4. The molecule has 0 fully saturated rings. The van der Waals surface area contributed by atoms with Crippen LogP contribution in [0.25, 0.3) is 16.8 Å². The standard InChI is InChI=1S/C22H17FN4O/c1-14-7-8-18(23)11-20(14)27-22(24)19(13-26-27)21(28)16-5-2-4-15(10-16)17-6-3-9-25-12-17/h2-13H,24H2,1H3. The number of hydrogen-bond donors (Lipinski definition) is 1. The Labute approximate surface area is 161 Å². The molecule has 6 heteroatoms. The van der Waals surface area contributed by atoms with Gasteiger partial charge in [0.1, 0.15) is 11.6 Å². The number of pyridine rings is 1. The van der Waals surface area contributed by atoms with E-state index in [9.17, 15) is 9.18 Å². The Hall–Kier alpha value is -3.80. The van der Waals surface area contributed by atoms with Gasteiger partial charge in [-0.15, -0.1) is 0 Å². The first kappa shape index (κ1) is 17.6. The number of aromatic nitrogens is 3. The summed E-state index contributed by atoms with van der Waals surface area (Å²) in [6.07, 6.45) is 4.85. The molecule has 0 aliphatic carbocycles. The Morgan fingerprint density at radius 3 is 2.64 bits per heavy atom. The van der Waals surface area contributed by atoms with Gasteiger partial charge >= 0.3 is 0 Å². The van der Waals surface area contributed by atoms with Crippen molar-refractivity contribution in [3.8, 4) is 16.8 Å². The number of aryl methyl sites for hydroxylation is 1. The molecule has 138 valence electrons. The lowest BCUT2D eigenvalue weighted by Crippen LogP contribution is -2.08. The molecule has 28 heavy (non-hydrogen) atoms. The number of benzene rings is 2. The fourth-order valence-corrected chi connectivity index (χ4v) is 3.06. The molecule has 0 bridgehead atoms. The molecule has 4 aromatic rings. The number of anilines is 1. The lowest BCUT2D eigenvalue weighted by molar-refractivity contribution is 0.103. The normalized spacial score (nSPS) is 10.8. The zero-order valence-corrected chi connectivity index (χ0v) is 15.1. The highest BCUT2D eigenvalue weighted by atomic mass is 19.1. The summed E-state index contributed by atoms with van der Waals surface area (Å²) in [4.78, 5) is 17.1. The molecule has 4 rings (SSSR count). The Kier molecular flexibility index (Phi) is 4.45. The topological polar surface area (TPSA) is 73.8 Å². The van der Waals surface area contributed by atoms with Gasteiger partial charge in [0.25, 0.3) is 0 Å². The highest BCUT2D eigenvalue weighted by molar-refractivity contribution is 6.12. The molecule has 0 aliphatic rings. The molecular weight excluding hydrogens is 355 g/mol. The van der Waals surface area contributed by atoms with Crippen LogP contribution in [-0.4, -0.2) is 20.5 Å². The van der Waals surface area contributed by atoms with Gasteiger partial charge in [-0.05, 0) is 42.3 Å². The van der Waals surface area contributed by atoms with E-state index in [-0.39, 0.29) is 17.2 Å². The lowest BCUT2D eigenvalue weighted by atomic mass is 10.00. The summed E-state index contributed by atoms with van der Waals surface area (Å²) in [5.41, 5.74) is 10.0. The highest BCUT2D eigenvalue weighted by Gasteiger charge is 2.19. The van der Waals surface area contributed by atoms with Crippen LogP contribution in [0.1, 0.15) is 21.5 Å². The second-order valence-electron chi connectivity index (χ2n) is 6.44. The zero-order chi connectivity index (χ0) is 19.7. The van der Waals surface area contributed by atoms with E-state index in [1.807, 2.05) is 31.2 Å².